The molecule has 0 saturated carbocycles. The lowest BCUT2D eigenvalue weighted by Crippen LogP contribution is -1.86. The van der Waals surface area contributed by atoms with Gasteiger partial charge in [-0.2, -0.15) is 10.5 Å². The highest BCUT2D eigenvalue weighted by atomic mass is 14.6. The van der Waals surface area contributed by atoms with Crippen LogP contribution in [0.2, 0.25) is 0 Å². The fourth-order valence-corrected chi connectivity index (χ4v) is 1.48. The van der Waals surface area contributed by atoms with Gasteiger partial charge in [0.2, 0.25) is 0 Å². The maximum absolute atomic E-state index is 8.97. The molecule has 74 valence electrons. The van der Waals surface area contributed by atoms with E-state index in [4.69, 9.17) is 10.5 Å². The lowest BCUT2D eigenvalue weighted by atomic mass is 10.0. The Kier molecular flexibility index (Phi) is 2.63. The van der Waals surface area contributed by atoms with Crippen molar-refractivity contribution < 1.29 is 0 Å². The molecule has 0 amide bonds. The molecule has 0 saturated heterocycles. The molecule has 2 aromatic rings. The summed E-state index contributed by atoms with van der Waals surface area (Å²) >= 11 is 0. The highest BCUT2D eigenvalue weighted by Crippen LogP contribution is 2.22. The SMILES string of the molecule is N#Cc1cncc(-c2ccccc2C#N)c1. The van der Waals surface area contributed by atoms with Gasteiger partial charge in [0.15, 0.2) is 0 Å². The van der Waals surface area contributed by atoms with Crippen molar-refractivity contribution in [3.8, 4) is 23.3 Å². The molecule has 0 fully saturated rings. The van der Waals surface area contributed by atoms with Gasteiger partial charge in [0.05, 0.1) is 17.2 Å². The zero-order valence-electron chi connectivity index (χ0n) is 8.38. The van der Waals surface area contributed by atoms with Crippen molar-refractivity contribution in [1.82, 2.24) is 4.98 Å². The first-order valence-electron chi connectivity index (χ1n) is 4.70. The van der Waals surface area contributed by atoms with Gasteiger partial charge in [-0.25, -0.2) is 0 Å². The molecule has 0 aliphatic heterocycles. The number of nitriles is 2. The van der Waals surface area contributed by atoms with Crippen LogP contribution in [0.25, 0.3) is 11.1 Å². The van der Waals surface area contributed by atoms with E-state index in [-0.39, 0.29) is 0 Å². The van der Waals surface area contributed by atoms with Crippen LogP contribution in [0.15, 0.2) is 42.7 Å². The molecule has 0 aliphatic carbocycles. The van der Waals surface area contributed by atoms with Crippen molar-refractivity contribution in [2.45, 2.75) is 0 Å². The van der Waals surface area contributed by atoms with Gasteiger partial charge < -0.3 is 0 Å². The average molecular weight is 205 g/mol. The van der Waals surface area contributed by atoms with Crippen molar-refractivity contribution >= 4 is 0 Å². The maximum Gasteiger partial charge on any atom is 0.101 e. The second-order valence-electron chi connectivity index (χ2n) is 3.23. The molecule has 16 heavy (non-hydrogen) atoms. The molecule has 1 aromatic heterocycles. The quantitative estimate of drug-likeness (QED) is 0.718. The Morgan fingerprint density at radius 3 is 2.56 bits per heavy atom. The first-order valence-corrected chi connectivity index (χ1v) is 4.70. The summed E-state index contributed by atoms with van der Waals surface area (Å²) in [5.41, 5.74) is 2.66. The molecule has 0 spiro atoms. The Morgan fingerprint density at radius 2 is 1.81 bits per heavy atom. The van der Waals surface area contributed by atoms with Gasteiger partial charge >= 0.3 is 0 Å². The Hall–Kier alpha value is -2.65. The fourth-order valence-electron chi connectivity index (χ4n) is 1.48. The normalized spacial score (nSPS) is 9.12. The van der Waals surface area contributed by atoms with Crippen LogP contribution in [0.4, 0.5) is 0 Å². The standard InChI is InChI=1S/C13H7N3/c14-6-10-5-12(9-16-8-10)13-4-2-1-3-11(13)7-15/h1-5,8-9H. The number of aromatic nitrogens is 1. The Labute approximate surface area is 93.2 Å². The number of hydrogen-bond donors (Lipinski definition) is 0. The second-order valence-corrected chi connectivity index (χ2v) is 3.23. The summed E-state index contributed by atoms with van der Waals surface area (Å²) in [6, 6.07) is 13.1. The van der Waals surface area contributed by atoms with E-state index in [0.29, 0.717) is 11.1 Å². The van der Waals surface area contributed by atoms with E-state index in [2.05, 4.69) is 11.1 Å². The van der Waals surface area contributed by atoms with E-state index in [1.54, 1.807) is 18.3 Å². The summed E-state index contributed by atoms with van der Waals surface area (Å²) < 4.78 is 0. The Bertz CT molecular complexity index is 603. The lowest BCUT2D eigenvalue weighted by Gasteiger charge is -2.03. The first-order chi connectivity index (χ1) is 7.85. The van der Waals surface area contributed by atoms with Gasteiger partial charge in [-0.3, -0.25) is 4.98 Å². The topological polar surface area (TPSA) is 60.5 Å². The van der Waals surface area contributed by atoms with E-state index < -0.39 is 0 Å². The van der Waals surface area contributed by atoms with Crippen molar-refractivity contribution in [3.05, 3.63) is 53.9 Å². The smallest absolute Gasteiger partial charge is 0.101 e. The summed E-state index contributed by atoms with van der Waals surface area (Å²) in [4.78, 5) is 3.98. The van der Waals surface area contributed by atoms with Crippen LogP contribution in [-0.2, 0) is 0 Å². The molecular formula is C13H7N3. The summed E-state index contributed by atoms with van der Waals surface area (Å²) in [5.74, 6) is 0. The largest absolute Gasteiger partial charge is 0.263 e. The molecule has 0 unspecified atom stereocenters. The zero-order chi connectivity index (χ0) is 11.4. The highest BCUT2D eigenvalue weighted by molar-refractivity contribution is 5.70. The maximum atomic E-state index is 8.97. The van der Waals surface area contributed by atoms with Gasteiger partial charge in [-0.15, -0.1) is 0 Å². The summed E-state index contributed by atoms with van der Waals surface area (Å²) in [5, 5.41) is 17.8. The van der Waals surface area contributed by atoms with Crippen LogP contribution in [0.5, 0.6) is 0 Å². The number of nitrogens with zero attached hydrogens (tertiary/aromatic N) is 3. The highest BCUT2D eigenvalue weighted by Gasteiger charge is 2.04. The van der Waals surface area contributed by atoms with Crippen molar-refractivity contribution in [2.24, 2.45) is 0 Å². The molecule has 1 aromatic carbocycles. The van der Waals surface area contributed by atoms with E-state index in [0.717, 1.165) is 11.1 Å². The van der Waals surface area contributed by atoms with Crippen LogP contribution >= 0.6 is 0 Å². The van der Waals surface area contributed by atoms with Crippen LogP contribution < -0.4 is 0 Å². The molecule has 0 radical (unpaired) electrons. The lowest BCUT2D eigenvalue weighted by molar-refractivity contribution is 1.30. The number of benzene rings is 1. The molecule has 0 N–H and O–H groups in total. The van der Waals surface area contributed by atoms with Gasteiger partial charge in [0.25, 0.3) is 0 Å². The van der Waals surface area contributed by atoms with Crippen LogP contribution in [-0.4, -0.2) is 4.98 Å². The summed E-state index contributed by atoms with van der Waals surface area (Å²) in [6.07, 6.45) is 3.15. The van der Waals surface area contributed by atoms with Crippen molar-refractivity contribution in [3.63, 3.8) is 0 Å². The number of pyridine rings is 1. The third-order valence-electron chi connectivity index (χ3n) is 2.23. The van der Waals surface area contributed by atoms with Gasteiger partial charge in [-0.05, 0) is 12.1 Å². The van der Waals surface area contributed by atoms with E-state index in [1.807, 2.05) is 24.3 Å². The van der Waals surface area contributed by atoms with Crippen LogP contribution in [0.1, 0.15) is 11.1 Å². The number of rotatable bonds is 1. The van der Waals surface area contributed by atoms with Gasteiger partial charge in [-0.1, -0.05) is 18.2 Å². The molecule has 0 atom stereocenters. The predicted octanol–water partition coefficient (Wildman–Crippen LogP) is 2.49. The van der Waals surface area contributed by atoms with E-state index >= 15 is 0 Å². The van der Waals surface area contributed by atoms with Gasteiger partial charge in [0, 0.05) is 23.5 Å². The Morgan fingerprint density at radius 1 is 1.00 bits per heavy atom. The molecule has 1 heterocycles. The minimum atomic E-state index is 0.491. The number of hydrogen-bond acceptors (Lipinski definition) is 3. The average Bonchev–Trinajstić information content (AvgIpc) is 2.38. The van der Waals surface area contributed by atoms with Crippen molar-refractivity contribution in [2.75, 3.05) is 0 Å². The summed E-state index contributed by atoms with van der Waals surface area (Å²) in [6.45, 7) is 0. The predicted molar refractivity (Wildman–Crippen MR) is 59.1 cm³/mol. The summed E-state index contributed by atoms with van der Waals surface area (Å²) in [7, 11) is 0. The zero-order valence-corrected chi connectivity index (χ0v) is 8.38. The monoisotopic (exact) mass is 205 g/mol. The minimum absolute atomic E-state index is 0.491. The molecule has 3 heteroatoms. The second kappa shape index (κ2) is 4.25. The molecule has 0 bridgehead atoms. The fraction of sp³-hybridized carbons (Fsp3) is 0. The molecule has 0 aliphatic rings. The van der Waals surface area contributed by atoms with E-state index in [9.17, 15) is 0 Å². The molecule has 2 rings (SSSR count). The Balaban J connectivity index is 2.60. The van der Waals surface area contributed by atoms with Gasteiger partial charge in [0.1, 0.15) is 6.07 Å². The molecule has 3 nitrogen and oxygen atoms in total. The van der Waals surface area contributed by atoms with Crippen molar-refractivity contribution in [1.29, 1.82) is 10.5 Å². The first kappa shape index (κ1) is 9.89. The molecular weight excluding hydrogens is 198 g/mol. The minimum Gasteiger partial charge on any atom is -0.263 e. The van der Waals surface area contributed by atoms with Crippen LogP contribution in [0, 0.1) is 22.7 Å². The third kappa shape index (κ3) is 1.75. The van der Waals surface area contributed by atoms with E-state index in [1.165, 1.54) is 6.20 Å². The third-order valence-corrected chi connectivity index (χ3v) is 2.23. The van der Waals surface area contributed by atoms with Crippen LogP contribution in [0.3, 0.4) is 0 Å².